The summed E-state index contributed by atoms with van der Waals surface area (Å²) in [7, 11) is 0. The fourth-order valence-electron chi connectivity index (χ4n) is 1.27. The van der Waals surface area contributed by atoms with Crippen molar-refractivity contribution in [3.63, 3.8) is 0 Å². The number of aromatic nitrogens is 1. The van der Waals surface area contributed by atoms with Gasteiger partial charge < -0.3 is 5.11 Å². The summed E-state index contributed by atoms with van der Waals surface area (Å²) in [6.07, 6.45) is 0. The summed E-state index contributed by atoms with van der Waals surface area (Å²) in [6, 6.07) is 6.66. The summed E-state index contributed by atoms with van der Waals surface area (Å²) in [4.78, 5) is 14.7. The SMILES string of the molecule is O=C(O)c1cc(Cl)c2cc(Br)ccc2n1. The second-order valence-corrected chi connectivity index (χ2v) is 4.28. The maximum absolute atomic E-state index is 10.7. The maximum atomic E-state index is 10.7. The van der Waals surface area contributed by atoms with E-state index in [0.29, 0.717) is 10.5 Å². The number of nitrogens with zero attached hydrogens (tertiary/aromatic N) is 1. The zero-order chi connectivity index (χ0) is 11.0. The van der Waals surface area contributed by atoms with Gasteiger partial charge >= 0.3 is 5.97 Å². The molecular formula is C10H5BrClNO2. The summed E-state index contributed by atoms with van der Waals surface area (Å²) in [5.74, 6) is -1.08. The molecule has 0 aliphatic carbocycles. The quantitative estimate of drug-likeness (QED) is 0.874. The first-order valence-electron chi connectivity index (χ1n) is 4.07. The van der Waals surface area contributed by atoms with Crippen molar-refractivity contribution in [1.82, 2.24) is 4.98 Å². The highest BCUT2D eigenvalue weighted by Gasteiger charge is 2.09. The molecule has 0 fully saturated rings. The van der Waals surface area contributed by atoms with Crippen LogP contribution in [0.1, 0.15) is 10.5 Å². The van der Waals surface area contributed by atoms with Crippen molar-refractivity contribution < 1.29 is 9.90 Å². The van der Waals surface area contributed by atoms with E-state index in [1.165, 1.54) is 6.07 Å². The molecule has 0 spiro atoms. The minimum Gasteiger partial charge on any atom is -0.477 e. The van der Waals surface area contributed by atoms with Crippen LogP contribution in [0.25, 0.3) is 10.9 Å². The summed E-state index contributed by atoms with van der Waals surface area (Å²) in [5.41, 5.74) is 0.526. The molecule has 76 valence electrons. The van der Waals surface area contributed by atoms with Crippen LogP contribution in [-0.2, 0) is 0 Å². The largest absolute Gasteiger partial charge is 0.477 e. The molecule has 0 aliphatic heterocycles. The van der Waals surface area contributed by atoms with Crippen molar-refractivity contribution >= 4 is 44.4 Å². The number of hydrogen-bond acceptors (Lipinski definition) is 2. The first-order valence-corrected chi connectivity index (χ1v) is 5.24. The molecule has 0 aliphatic rings. The van der Waals surface area contributed by atoms with Gasteiger partial charge in [0, 0.05) is 9.86 Å². The molecule has 0 amide bonds. The molecule has 15 heavy (non-hydrogen) atoms. The summed E-state index contributed by atoms with van der Waals surface area (Å²) in [5, 5.41) is 9.91. The average molecular weight is 287 g/mol. The van der Waals surface area contributed by atoms with E-state index in [4.69, 9.17) is 16.7 Å². The maximum Gasteiger partial charge on any atom is 0.354 e. The van der Waals surface area contributed by atoms with Crippen LogP contribution in [0.2, 0.25) is 5.02 Å². The Morgan fingerprint density at radius 3 is 2.80 bits per heavy atom. The predicted octanol–water partition coefficient (Wildman–Crippen LogP) is 3.35. The van der Waals surface area contributed by atoms with E-state index >= 15 is 0 Å². The molecule has 1 aromatic heterocycles. The van der Waals surface area contributed by atoms with Gasteiger partial charge in [0.15, 0.2) is 0 Å². The smallest absolute Gasteiger partial charge is 0.354 e. The van der Waals surface area contributed by atoms with Gasteiger partial charge in [-0.1, -0.05) is 27.5 Å². The second-order valence-electron chi connectivity index (χ2n) is 2.96. The third-order valence-corrected chi connectivity index (χ3v) is 2.75. The molecule has 1 N–H and O–H groups in total. The van der Waals surface area contributed by atoms with Crippen LogP contribution >= 0.6 is 27.5 Å². The van der Waals surface area contributed by atoms with E-state index in [1.54, 1.807) is 18.2 Å². The lowest BCUT2D eigenvalue weighted by atomic mass is 10.2. The van der Waals surface area contributed by atoms with Crippen LogP contribution in [-0.4, -0.2) is 16.1 Å². The van der Waals surface area contributed by atoms with E-state index in [1.807, 2.05) is 0 Å². The molecule has 0 radical (unpaired) electrons. The Morgan fingerprint density at radius 2 is 2.13 bits per heavy atom. The number of carboxylic acids is 1. The van der Waals surface area contributed by atoms with Crippen molar-refractivity contribution in [3.8, 4) is 0 Å². The van der Waals surface area contributed by atoms with E-state index in [0.717, 1.165) is 9.86 Å². The molecule has 0 saturated heterocycles. The predicted molar refractivity (Wildman–Crippen MR) is 61.4 cm³/mol. The highest BCUT2D eigenvalue weighted by molar-refractivity contribution is 9.10. The Hall–Kier alpha value is -1.13. The summed E-state index contributed by atoms with van der Waals surface area (Å²) >= 11 is 9.27. The number of rotatable bonds is 1. The lowest BCUT2D eigenvalue weighted by Gasteiger charge is -2.02. The molecule has 0 saturated carbocycles. The van der Waals surface area contributed by atoms with Crippen LogP contribution in [0.4, 0.5) is 0 Å². The Morgan fingerprint density at radius 1 is 1.40 bits per heavy atom. The highest BCUT2D eigenvalue weighted by atomic mass is 79.9. The lowest BCUT2D eigenvalue weighted by molar-refractivity contribution is 0.0691. The fraction of sp³-hybridized carbons (Fsp3) is 0. The molecule has 2 aromatic rings. The number of carbonyl (C=O) groups is 1. The zero-order valence-corrected chi connectivity index (χ0v) is 9.71. The van der Waals surface area contributed by atoms with E-state index in [-0.39, 0.29) is 5.69 Å². The minimum atomic E-state index is -1.08. The molecule has 0 unspecified atom stereocenters. The second kappa shape index (κ2) is 3.79. The van der Waals surface area contributed by atoms with Crippen molar-refractivity contribution in [1.29, 1.82) is 0 Å². The average Bonchev–Trinajstić information content (AvgIpc) is 2.18. The normalized spacial score (nSPS) is 10.5. The molecular weight excluding hydrogens is 281 g/mol. The van der Waals surface area contributed by atoms with Gasteiger partial charge in [-0.25, -0.2) is 9.78 Å². The topological polar surface area (TPSA) is 50.2 Å². The van der Waals surface area contributed by atoms with E-state index in [2.05, 4.69) is 20.9 Å². The van der Waals surface area contributed by atoms with Crippen molar-refractivity contribution in [2.75, 3.05) is 0 Å². The first-order chi connectivity index (χ1) is 7.08. The number of halogens is 2. The molecule has 3 nitrogen and oxygen atoms in total. The molecule has 1 aromatic carbocycles. The number of aromatic carboxylic acids is 1. The van der Waals surface area contributed by atoms with Gasteiger partial charge in [-0.3, -0.25) is 0 Å². The zero-order valence-electron chi connectivity index (χ0n) is 7.37. The number of hydrogen-bond donors (Lipinski definition) is 1. The first kappa shape index (κ1) is 10.4. The molecule has 1 heterocycles. The van der Waals surface area contributed by atoms with Crippen molar-refractivity contribution in [2.45, 2.75) is 0 Å². The third kappa shape index (κ3) is 1.96. The van der Waals surface area contributed by atoms with Gasteiger partial charge in [0.2, 0.25) is 0 Å². The van der Waals surface area contributed by atoms with Crippen LogP contribution in [0.5, 0.6) is 0 Å². The molecule has 5 heteroatoms. The van der Waals surface area contributed by atoms with Gasteiger partial charge in [-0.15, -0.1) is 0 Å². The number of carboxylic acid groups (broad SMARTS) is 1. The van der Waals surface area contributed by atoms with Gasteiger partial charge in [-0.2, -0.15) is 0 Å². The fourth-order valence-corrected chi connectivity index (χ4v) is 1.88. The molecule has 0 bridgehead atoms. The van der Waals surface area contributed by atoms with Crippen LogP contribution in [0.3, 0.4) is 0 Å². The lowest BCUT2D eigenvalue weighted by Crippen LogP contribution is -2.00. The van der Waals surface area contributed by atoms with Crippen molar-refractivity contribution in [2.24, 2.45) is 0 Å². The van der Waals surface area contributed by atoms with Crippen molar-refractivity contribution in [3.05, 3.63) is 39.5 Å². The Balaban J connectivity index is 2.78. The van der Waals surface area contributed by atoms with Gasteiger partial charge in [-0.05, 0) is 24.3 Å². The number of pyridine rings is 1. The van der Waals surface area contributed by atoms with Gasteiger partial charge in [0.05, 0.1) is 10.5 Å². The third-order valence-electron chi connectivity index (χ3n) is 1.94. The van der Waals surface area contributed by atoms with Crippen LogP contribution in [0, 0.1) is 0 Å². The number of fused-ring (bicyclic) bond motifs is 1. The van der Waals surface area contributed by atoms with E-state index in [9.17, 15) is 4.79 Å². The van der Waals surface area contributed by atoms with Gasteiger partial charge in [0.1, 0.15) is 5.69 Å². The minimum absolute atomic E-state index is 0.0465. The molecule has 2 rings (SSSR count). The summed E-state index contributed by atoms with van der Waals surface area (Å²) < 4.78 is 0.877. The standard InChI is InChI=1S/C10H5BrClNO2/c11-5-1-2-8-6(3-5)7(12)4-9(13-8)10(14)15/h1-4H,(H,14,15). The van der Waals surface area contributed by atoms with Gasteiger partial charge in [0.25, 0.3) is 0 Å². The Labute approximate surface area is 98.8 Å². The Kier molecular flexibility index (Phi) is 2.63. The van der Waals surface area contributed by atoms with Crippen LogP contribution in [0.15, 0.2) is 28.7 Å². The Bertz CT molecular complexity index is 556. The monoisotopic (exact) mass is 285 g/mol. The molecule has 0 atom stereocenters. The highest BCUT2D eigenvalue weighted by Crippen LogP contribution is 2.26. The number of benzene rings is 1. The summed E-state index contributed by atoms with van der Waals surface area (Å²) in [6.45, 7) is 0. The van der Waals surface area contributed by atoms with E-state index < -0.39 is 5.97 Å². The van der Waals surface area contributed by atoms with Crippen LogP contribution < -0.4 is 0 Å².